The number of hydrogen-bond donors (Lipinski definition) is 1. The minimum Gasteiger partial charge on any atom is -0.351 e. The topological polar surface area (TPSA) is 85.8 Å². The maximum atomic E-state index is 12.6. The predicted octanol–water partition coefficient (Wildman–Crippen LogP) is 3.11. The molecule has 130 valence electrons. The summed E-state index contributed by atoms with van der Waals surface area (Å²) in [5, 5.41) is 7.95. The van der Waals surface area contributed by atoms with Crippen molar-refractivity contribution in [2.45, 2.75) is 13.0 Å². The summed E-state index contributed by atoms with van der Waals surface area (Å²) in [7, 11) is 1.95. The molecule has 3 heterocycles. The minimum atomic E-state index is -0.408. The second-order valence-electron chi connectivity index (χ2n) is 6.09. The van der Waals surface area contributed by atoms with Gasteiger partial charge < -0.3 is 14.4 Å². The van der Waals surface area contributed by atoms with Gasteiger partial charge in [-0.25, -0.2) is 0 Å². The van der Waals surface area contributed by atoms with Crippen LogP contribution in [-0.4, -0.2) is 25.6 Å². The summed E-state index contributed by atoms with van der Waals surface area (Å²) in [5.74, 6) is 0.628. The maximum Gasteiger partial charge on any atom is 0.251 e. The Labute approximate surface area is 149 Å². The van der Waals surface area contributed by atoms with Gasteiger partial charge in [0.25, 0.3) is 5.91 Å². The number of carbonyl (C=O) groups is 1. The van der Waals surface area contributed by atoms with Gasteiger partial charge in [0.05, 0.1) is 0 Å². The van der Waals surface area contributed by atoms with Crippen LogP contribution in [0.15, 0.2) is 59.5 Å². The third kappa shape index (κ3) is 2.95. The lowest BCUT2D eigenvalue weighted by Gasteiger charge is -2.10. The van der Waals surface area contributed by atoms with Gasteiger partial charge in [-0.15, -0.1) is 0 Å². The van der Waals surface area contributed by atoms with E-state index < -0.39 is 6.04 Å². The molecule has 0 unspecified atom stereocenters. The van der Waals surface area contributed by atoms with Crippen molar-refractivity contribution in [3.63, 3.8) is 0 Å². The lowest BCUT2D eigenvalue weighted by molar-refractivity contribution is 0.0932. The molecule has 7 heteroatoms. The van der Waals surface area contributed by atoms with Crippen molar-refractivity contribution in [3.05, 3.63) is 66.4 Å². The largest absolute Gasteiger partial charge is 0.351 e. The monoisotopic (exact) mass is 347 g/mol. The molecule has 0 saturated carbocycles. The molecule has 3 aromatic heterocycles. The summed E-state index contributed by atoms with van der Waals surface area (Å²) in [6, 6.07) is 10.8. The van der Waals surface area contributed by atoms with E-state index in [4.69, 9.17) is 4.52 Å². The molecule has 0 aliphatic rings. The van der Waals surface area contributed by atoms with E-state index in [1.807, 2.05) is 42.9 Å². The highest BCUT2D eigenvalue weighted by atomic mass is 16.5. The zero-order valence-corrected chi connectivity index (χ0v) is 14.4. The molecule has 26 heavy (non-hydrogen) atoms. The average molecular weight is 347 g/mol. The smallest absolute Gasteiger partial charge is 0.251 e. The molecule has 0 spiro atoms. The van der Waals surface area contributed by atoms with Gasteiger partial charge >= 0.3 is 0 Å². The number of carbonyl (C=O) groups excluding carboxylic acids is 1. The number of fused-ring (bicyclic) bond motifs is 1. The van der Waals surface area contributed by atoms with E-state index >= 15 is 0 Å². The van der Waals surface area contributed by atoms with E-state index in [0.29, 0.717) is 17.3 Å². The summed E-state index contributed by atoms with van der Waals surface area (Å²) >= 11 is 0. The Balaban J connectivity index is 1.52. The Kier molecular flexibility index (Phi) is 3.96. The molecule has 1 N–H and O–H groups in total. The molecule has 1 aromatic carbocycles. The van der Waals surface area contributed by atoms with Gasteiger partial charge in [-0.2, -0.15) is 4.98 Å². The second kappa shape index (κ2) is 6.44. The first kappa shape index (κ1) is 16.0. The number of hydrogen-bond acceptors (Lipinski definition) is 5. The van der Waals surface area contributed by atoms with Gasteiger partial charge in [-0.05, 0) is 42.6 Å². The molecule has 0 aliphatic carbocycles. The van der Waals surface area contributed by atoms with Gasteiger partial charge in [0.2, 0.25) is 11.7 Å². The van der Waals surface area contributed by atoms with E-state index in [1.165, 1.54) is 0 Å². The molecule has 4 aromatic rings. The molecule has 0 radical (unpaired) electrons. The first-order valence-electron chi connectivity index (χ1n) is 8.22. The van der Waals surface area contributed by atoms with Crippen molar-refractivity contribution in [2.75, 3.05) is 0 Å². The highest BCUT2D eigenvalue weighted by Crippen LogP contribution is 2.20. The minimum absolute atomic E-state index is 0.190. The Morgan fingerprint density at radius 2 is 2.00 bits per heavy atom. The van der Waals surface area contributed by atoms with Crippen LogP contribution < -0.4 is 5.32 Å². The predicted molar refractivity (Wildman–Crippen MR) is 96.3 cm³/mol. The first-order valence-corrected chi connectivity index (χ1v) is 8.22. The highest BCUT2D eigenvalue weighted by molar-refractivity contribution is 5.98. The standard InChI is InChI=1S/C19H17N5O2/c1-12(19-22-17(23-26-19)14-5-8-20-9-6-14)21-18(25)15-4-3-13-7-10-24(2)16(13)11-15/h3-12H,1-2H3,(H,21,25)/t12-/m1/s1. The fraction of sp³-hybridized carbons (Fsp3) is 0.158. The van der Waals surface area contributed by atoms with Crippen LogP contribution in [0, 0.1) is 0 Å². The highest BCUT2D eigenvalue weighted by Gasteiger charge is 2.18. The van der Waals surface area contributed by atoms with Crippen LogP contribution in [0.2, 0.25) is 0 Å². The van der Waals surface area contributed by atoms with Gasteiger partial charge in [-0.3, -0.25) is 9.78 Å². The van der Waals surface area contributed by atoms with E-state index in [-0.39, 0.29) is 5.91 Å². The van der Waals surface area contributed by atoms with Crippen LogP contribution in [0.4, 0.5) is 0 Å². The molecular formula is C19H17N5O2. The van der Waals surface area contributed by atoms with Gasteiger partial charge in [0, 0.05) is 42.3 Å². The van der Waals surface area contributed by atoms with Gasteiger partial charge in [0.15, 0.2) is 0 Å². The van der Waals surface area contributed by atoms with Gasteiger partial charge in [0.1, 0.15) is 6.04 Å². The fourth-order valence-corrected chi connectivity index (χ4v) is 2.77. The number of amides is 1. The summed E-state index contributed by atoms with van der Waals surface area (Å²) in [6.45, 7) is 1.81. The van der Waals surface area contributed by atoms with Crippen LogP contribution in [0.25, 0.3) is 22.3 Å². The van der Waals surface area contributed by atoms with Crippen molar-refractivity contribution in [3.8, 4) is 11.4 Å². The third-order valence-corrected chi connectivity index (χ3v) is 4.25. The van der Waals surface area contributed by atoms with E-state index in [2.05, 4.69) is 20.4 Å². The molecule has 4 rings (SSSR count). The van der Waals surface area contributed by atoms with Crippen LogP contribution in [0.1, 0.15) is 29.2 Å². The first-order chi connectivity index (χ1) is 12.6. The summed E-state index contributed by atoms with van der Waals surface area (Å²) < 4.78 is 7.27. The summed E-state index contributed by atoms with van der Waals surface area (Å²) in [4.78, 5) is 20.9. The van der Waals surface area contributed by atoms with E-state index in [0.717, 1.165) is 16.5 Å². The molecule has 0 aliphatic heterocycles. The number of benzene rings is 1. The Morgan fingerprint density at radius 3 is 2.81 bits per heavy atom. The molecule has 7 nitrogen and oxygen atoms in total. The van der Waals surface area contributed by atoms with Gasteiger partial charge in [-0.1, -0.05) is 11.2 Å². The number of nitrogens with zero attached hydrogens (tertiary/aromatic N) is 4. The number of pyridine rings is 1. The molecular weight excluding hydrogens is 330 g/mol. The average Bonchev–Trinajstić information content (AvgIpc) is 3.30. The molecule has 0 saturated heterocycles. The SMILES string of the molecule is C[C@@H](NC(=O)c1ccc2ccn(C)c2c1)c1nc(-c2ccncc2)no1. The van der Waals surface area contributed by atoms with Crippen molar-refractivity contribution >= 4 is 16.8 Å². The van der Waals surface area contributed by atoms with Crippen molar-refractivity contribution in [1.29, 1.82) is 0 Å². The van der Waals surface area contributed by atoms with Crippen molar-refractivity contribution < 1.29 is 9.32 Å². The summed E-state index contributed by atoms with van der Waals surface area (Å²) in [5.41, 5.74) is 2.39. The molecule has 0 bridgehead atoms. The maximum absolute atomic E-state index is 12.6. The molecule has 0 fully saturated rings. The zero-order chi connectivity index (χ0) is 18.1. The third-order valence-electron chi connectivity index (χ3n) is 4.25. The molecule has 1 amide bonds. The van der Waals surface area contributed by atoms with E-state index in [1.54, 1.807) is 30.6 Å². The van der Waals surface area contributed by atoms with E-state index in [9.17, 15) is 4.79 Å². The van der Waals surface area contributed by atoms with Crippen LogP contribution >= 0.6 is 0 Å². The zero-order valence-electron chi connectivity index (χ0n) is 14.4. The Bertz CT molecular complexity index is 1070. The van der Waals surface area contributed by atoms with Crippen molar-refractivity contribution in [2.24, 2.45) is 7.05 Å². The fourth-order valence-electron chi connectivity index (χ4n) is 2.77. The molecule has 1 atom stereocenters. The Hall–Kier alpha value is -3.48. The van der Waals surface area contributed by atoms with Crippen molar-refractivity contribution in [1.82, 2.24) is 25.0 Å². The lowest BCUT2D eigenvalue weighted by atomic mass is 10.1. The second-order valence-corrected chi connectivity index (χ2v) is 6.09. The lowest BCUT2D eigenvalue weighted by Crippen LogP contribution is -2.26. The number of aromatic nitrogens is 4. The summed E-state index contributed by atoms with van der Waals surface area (Å²) in [6.07, 6.45) is 5.29. The van der Waals surface area contributed by atoms with Crippen LogP contribution in [0.5, 0.6) is 0 Å². The number of rotatable bonds is 4. The Morgan fingerprint density at radius 1 is 1.19 bits per heavy atom. The van der Waals surface area contributed by atoms with Crippen LogP contribution in [-0.2, 0) is 7.05 Å². The van der Waals surface area contributed by atoms with Crippen LogP contribution in [0.3, 0.4) is 0 Å². The number of aryl methyl sites for hydroxylation is 1. The quantitative estimate of drug-likeness (QED) is 0.613. The normalized spacial score (nSPS) is 12.2. The number of nitrogens with one attached hydrogen (secondary N) is 1.